The largest absolute Gasteiger partial charge is 0.352 e. The molecule has 1 amide bonds. The molecule has 3 heterocycles. The highest BCUT2D eigenvalue weighted by molar-refractivity contribution is 7.80. The Kier molecular flexibility index (Phi) is 7.29. The van der Waals surface area contributed by atoms with Gasteiger partial charge in [-0.2, -0.15) is 0 Å². The van der Waals surface area contributed by atoms with Gasteiger partial charge in [0.15, 0.2) is 5.11 Å². The van der Waals surface area contributed by atoms with E-state index in [0.717, 1.165) is 28.3 Å². The molecule has 4 aromatic rings. The summed E-state index contributed by atoms with van der Waals surface area (Å²) < 4.78 is 2.31. The van der Waals surface area contributed by atoms with Crippen molar-refractivity contribution in [2.45, 2.75) is 46.2 Å². The molecule has 2 aromatic carbocycles. The highest BCUT2D eigenvalue weighted by Gasteiger charge is 2.42. The van der Waals surface area contributed by atoms with Crippen LogP contribution in [-0.4, -0.2) is 32.0 Å². The number of amides is 1. The molecule has 1 fully saturated rings. The van der Waals surface area contributed by atoms with E-state index in [1.54, 1.807) is 0 Å². The molecular formula is C31H33N5OS. The molecule has 0 radical (unpaired) electrons. The summed E-state index contributed by atoms with van der Waals surface area (Å²) in [6.45, 7) is 9.01. The predicted octanol–water partition coefficient (Wildman–Crippen LogP) is 6.11. The number of aromatic nitrogens is 2. The number of pyridine rings is 1. The number of thiocarbonyl (C=S) groups is 1. The first kappa shape index (κ1) is 25.7. The lowest BCUT2D eigenvalue weighted by atomic mass is 9.93. The first-order valence-electron chi connectivity index (χ1n) is 12.9. The van der Waals surface area contributed by atoms with Crippen LogP contribution < -0.4 is 10.6 Å². The smallest absolute Gasteiger partial charge is 0.226 e. The monoisotopic (exact) mass is 523 g/mol. The average molecular weight is 524 g/mol. The van der Waals surface area contributed by atoms with Crippen molar-refractivity contribution in [2.75, 3.05) is 11.9 Å². The fraction of sp³-hybridized carbons (Fsp3) is 0.258. The second kappa shape index (κ2) is 10.8. The molecule has 2 aromatic heterocycles. The number of hydrogen-bond donors (Lipinski definition) is 2. The van der Waals surface area contributed by atoms with Crippen LogP contribution in [0, 0.1) is 27.7 Å². The molecule has 38 heavy (non-hydrogen) atoms. The Morgan fingerprint density at radius 1 is 0.974 bits per heavy atom. The zero-order chi connectivity index (χ0) is 26.8. The highest BCUT2D eigenvalue weighted by Crippen LogP contribution is 2.43. The van der Waals surface area contributed by atoms with Crippen LogP contribution in [0.25, 0.3) is 5.69 Å². The minimum absolute atomic E-state index is 0.0371. The van der Waals surface area contributed by atoms with Crippen LogP contribution >= 0.6 is 12.2 Å². The third-order valence-electron chi connectivity index (χ3n) is 7.40. The molecule has 0 bridgehead atoms. The number of rotatable bonds is 7. The van der Waals surface area contributed by atoms with Crippen molar-refractivity contribution < 1.29 is 4.79 Å². The SMILES string of the molecule is Cc1cccc(NC(=O)CCN2C(=S)N[C@@H](c3ccccn3)[C@H]2c2c(C)c(C)n(-c3ccccc3)c2C)c1. The van der Waals surface area contributed by atoms with E-state index in [4.69, 9.17) is 12.2 Å². The maximum atomic E-state index is 12.9. The van der Waals surface area contributed by atoms with Gasteiger partial charge in [-0.25, -0.2) is 0 Å². The number of para-hydroxylation sites is 1. The third kappa shape index (κ3) is 4.94. The summed E-state index contributed by atoms with van der Waals surface area (Å²) in [5, 5.41) is 7.19. The van der Waals surface area contributed by atoms with Crippen molar-refractivity contribution in [1.82, 2.24) is 19.8 Å². The van der Waals surface area contributed by atoms with Gasteiger partial charge in [0, 0.05) is 47.5 Å². The van der Waals surface area contributed by atoms with Crippen LogP contribution in [0.2, 0.25) is 0 Å². The van der Waals surface area contributed by atoms with E-state index in [1.165, 1.54) is 16.8 Å². The molecule has 0 saturated carbocycles. The molecule has 6 nitrogen and oxygen atoms in total. The van der Waals surface area contributed by atoms with E-state index >= 15 is 0 Å². The van der Waals surface area contributed by atoms with E-state index in [2.05, 4.69) is 70.1 Å². The Balaban J connectivity index is 1.50. The van der Waals surface area contributed by atoms with Crippen LogP contribution in [0.3, 0.4) is 0 Å². The summed E-state index contributed by atoms with van der Waals surface area (Å²) in [7, 11) is 0. The van der Waals surface area contributed by atoms with E-state index in [1.807, 2.05) is 61.7 Å². The van der Waals surface area contributed by atoms with Crippen LogP contribution in [-0.2, 0) is 4.79 Å². The van der Waals surface area contributed by atoms with E-state index in [9.17, 15) is 4.79 Å². The Bertz CT molecular complexity index is 1460. The molecule has 7 heteroatoms. The average Bonchev–Trinajstić information content (AvgIpc) is 3.35. The van der Waals surface area contributed by atoms with Crippen LogP contribution in [0.15, 0.2) is 79.0 Å². The molecule has 1 aliphatic heterocycles. The molecule has 194 valence electrons. The topological polar surface area (TPSA) is 62.2 Å². The quantitative estimate of drug-likeness (QED) is 0.286. The molecule has 0 spiro atoms. The molecule has 1 saturated heterocycles. The van der Waals surface area contributed by atoms with Crippen molar-refractivity contribution in [1.29, 1.82) is 0 Å². The van der Waals surface area contributed by atoms with Gasteiger partial charge in [0.25, 0.3) is 0 Å². The van der Waals surface area contributed by atoms with Crippen molar-refractivity contribution >= 4 is 28.9 Å². The summed E-state index contributed by atoms with van der Waals surface area (Å²) in [6, 6.07) is 24.0. The van der Waals surface area contributed by atoms with Gasteiger partial charge >= 0.3 is 0 Å². The lowest BCUT2D eigenvalue weighted by molar-refractivity contribution is -0.116. The number of benzene rings is 2. The molecule has 2 N–H and O–H groups in total. The number of carbonyl (C=O) groups excluding carboxylic acids is 1. The van der Waals surface area contributed by atoms with Crippen molar-refractivity contribution in [2.24, 2.45) is 0 Å². The number of carbonyl (C=O) groups is 1. The molecule has 1 aliphatic rings. The Morgan fingerprint density at radius 3 is 2.45 bits per heavy atom. The van der Waals surface area contributed by atoms with Gasteiger partial charge in [0.05, 0.1) is 17.8 Å². The first-order chi connectivity index (χ1) is 18.3. The summed E-state index contributed by atoms with van der Waals surface area (Å²) in [4.78, 5) is 19.8. The standard InChI is InChI=1S/C31H33N5OS/c1-20-11-10-12-24(19-20)33-27(37)16-18-35-30(29(34-31(35)38)26-15-8-9-17-32-26)28-21(2)22(3)36(23(28)4)25-13-6-5-7-14-25/h5-15,17,19,29-30H,16,18H2,1-4H3,(H,33,37)(H,34,38)/t29-,30+/m0/s1. The molecular weight excluding hydrogens is 490 g/mol. The lowest BCUT2D eigenvalue weighted by Crippen LogP contribution is -2.33. The van der Waals surface area contributed by atoms with Crippen molar-refractivity contribution in [3.05, 3.63) is 113 Å². The van der Waals surface area contributed by atoms with E-state index < -0.39 is 0 Å². The van der Waals surface area contributed by atoms with Gasteiger partial charge in [-0.05, 0) is 87.4 Å². The number of aryl methyl sites for hydroxylation is 1. The van der Waals surface area contributed by atoms with Gasteiger partial charge in [0.2, 0.25) is 5.91 Å². The first-order valence-corrected chi connectivity index (χ1v) is 13.3. The minimum atomic E-state index is -0.132. The van der Waals surface area contributed by atoms with Gasteiger partial charge in [-0.1, -0.05) is 36.4 Å². The maximum Gasteiger partial charge on any atom is 0.226 e. The third-order valence-corrected chi connectivity index (χ3v) is 7.75. The van der Waals surface area contributed by atoms with Gasteiger partial charge in [-0.15, -0.1) is 0 Å². The number of nitrogens with zero attached hydrogens (tertiary/aromatic N) is 3. The predicted molar refractivity (Wildman–Crippen MR) is 157 cm³/mol. The Hall–Kier alpha value is -3.97. The number of hydrogen-bond acceptors (Lipinski definition) is 3. The molecule has 0 unspecified atom stereocenters. The summed E-state index contributed by atoms with van der Waals surface area (Å²) in [5.74, 6) is -0.0371. The van der Waals surface area contributed by atoms with Gasteiger partial charge in [-0.3, -0.25) is 9.78 Å². The molecule has 0 aliphatic carbocycles. The molecule has 2 atom stereocenters. The van der Waals surface area contributed by atoms with Gasteiger partial charge in [0.1, 0.15) is 0 Å². The lowest BCUT2D eigenvalue weighted by Gasteiger charge is -2.29. The summed E-state index contributed by atoms with van der Waals surface area (Å²) >= 11 is 5.86. The van der Waals surface area contributed by atoms with E-state index in [-0.39, 0.29) is 18.0 Å². The molecule has 5 rings (SSSR count). The van der Waals surface area contributed by atoms with Gasteiger partial charge < -0.3 is 20.1 Å². The number of anilines is 1. The van der Waals surface area contributed by atoms with Crippen molar-refractivity contribution in [3.63, 3.8) is 0 Å². The summed E-state index contributed by atoms with van der Waals surface area (Å²) in [6.07, 6.45) is 2.13. The summed E-state index contributed by atoms with van der Waals surface area (Å²) in [5.41, 5.74) is 8.76. The fourth-order valence-electron chi connectivity index (χ4n) is 5.53. The van der Waals surface area contributed by atoms with Crippen LogP contribution in [0.1, 0.15) is 52.3 Å². The highest BCUT2D eigenvalue weighted by atomic mass is 32.1. The van der Waals surface area contributed by atoms with E-state index in [0.29, 0.717) is 18.1 Å². The maximum absolute atomic E-state index is 12.9. The minimum Gasteiger partial charge on any atom is -0.352 e. The van der Waals surface area contributed by atoms with Crippen LogP contribution in [0.4, 0.5) is 5.69 Å². The zero-order valence-electron chi connectivity index (χ0n) is 22.2. The zero-order valence-corrected chi connectivity index (χ0v) is 23.0. The number of nitrogens with one attached hydrogen (secondary N) is 2. The van der Waals surface area contributed by atoms with Crippen molar-refractivity contribution in [3.8, 4) is 5.69 Å². The normalized spacial score (nSPS) is 16.9. The fourth-order valence-corrected chi connectivity index (χ4v) is 5.87. The van der Waals surface area contributed by atoms with Crippen LogP contribution in [0.5, 0.6) is 0 Å². The Labute approximate surface area is 229 Å². The second-order valence-corrected chi connectivity index (χ2v) is 10.3. The Morgan fingerprint density at radius 2 is 1.74 bits per heavy atom. The second-order valence-electron chi connectivity index (χ2n) is 9.87.